The maximum atomic E-state index is 8.04. The van der Waals surface area contributed by atoms with Gasteiger partial charge in [-0.25, -0.2) is 0 Å². The Morgan fingerprint density at radius 1 is 1.27 bits per heavy atom. The predicted octanol–water partition coefficient (Wildman–Crippen LogP) is 4.34. The molecule has 0 heterocycles. The third-order valence-electron chi connectivity index (χ3n) is 1.46. The van der Waals surface area contributed by atoms with Crippen LogP contribution in [0.25, 0.3) is 10.4 Å². The molecule has 0 N–H and O–H groups in total. The van der Waals surface area contributed by atoms with Crippen LogP contribution in [0, 0.1) is 0 Å². The third-order valence-corrected chi connectivity index (χ3v) is 2.24. The highest BCUT2D eigenvalue weighted by Crippen LogP contribution is 2.35. The normalized spacial score (nSPS) is 9.53. The topological polar surface area (TPSA) is 58.0 Å². The second-order valence-corrected chi connectivity index (χ2v) is 3.75. The fourth-order valence-electron chi connectivity index (χ4n) is 0.900. The van der Waals surface area contributed by atoms with Crippen LogP contribution in [0.5, 0.6) is 5.75 Å². The van der Waals surface area contributed by atoms with Gasteiger partial charge in [-0.15, -0.1) is 0 Å². The van der Waals surface area contributed by atoms with E-state index in [1.54, 1.807) is 0 Å². The molecule has 0 atom stereocenters. The molecule has 0 radical (unpaired) electrons. The van der Waals surface area contributed by atoms with Crippen LogP contribution in [0.15, 0.2) is 17.2 Å². The fourth-order valence-corrected chi connectivity index (χ4v) is 1.83. The van der Waals surface area contributed by atoms with E-state index in [4.69, 9.17) is 45.1 Å². The van der Waals surface area contributed by atoms with Gasteiger partial charge in [0.05, 0.1) is 23.2 Å². The lowest BCUT2D eigenvalue weighted by Crippen LogP contribution is -2.01. The largest absolute Gasteiger partial charge is 0.490 e. The number of hydrogen-bond donors (Lipinski definition) is 0. The van der Waals surface area contributed by atoms with Gasteiger partial charge in [0.15, 0.2) is 5.75 Å². The summed E-state index contributed by atoms with van der Waals surface area (Å²) in [6.45, 7) is 0.427. The van der Waals surface area contributed by atoms with Gasteiger partial charge in [-0.3, -0.25) is 0 Å². The molecule has 80 valence electrons. The number of benzene rings is 1. The standard InChI is InChI=1S/C8H6Cl3N3O/c9-5-3-6(10)8(7(11)4-5)15-2-1-13-14-12/h3-4H,1-2H2. The van der Waals surface area contributed by atoms with Crippen LogP contribution in [0.2, 0.25) is 15.1 Å². The van der Waals surface area contributed by atoms with Crippen LogP contribution in [0.4, 0.5) is 0 Å². The van der Waals surface area contributed by atoms with Crippen molar-refractivity contribution in [3.05, 3.63) is 37.6 Å². The van der Waals surface area contributed by atoms with E-state index >= 15 is 0 Å². The van der Waals surface area contributed by atoms with Gasteiger partial charge >= 0.3 is 0 Å². The molecule has 0 unspecified atom stereocenters. The predicted molar refractivity (Wildman–Crippen MR) is 61.0 cm³/mol. The summed E-state index contributed by atoms with van der Waals surface area (Å²) >= 11 is 17.4. The molecule has 0 fully saturated rings. The zero-order chi connectivity index (χ0) is 11.3. The minimum Gasteiger partial charge on any atom is -0.490 e. The third kappa shape index (κ3) is 3.68. The molecule has 0 saturated carbocycles. The van der Waals surface area contributed by atoms with Crippen molar-refractivity contribution in [2.24, 2.45) is 5.11 Å². The van der Waals surface area contributed by atoms with Crippen LogP contribution in [-0.4, -0.2) is 13.2 Å². The molecule has 1 rings (SSSR count). The van der Waals surface area contributed by atoms with E-state index in [1.807, 2.05) is 0 Å². The molecule has 1 aromatic carbocycles. The van der Waals surface area contributed by atoms with Gasteiger partial charge in [-0.1, -0.05) is 39.9 Å². The molecule has 0 aliphatic carbocycles. The van der Waals surface area contributed by atoms with Crippen molar-refractivity contribution in [2.75, 3.05) is 13.2 Å². The molecule has 4 nitrogen and oxygen atoms in total. The Hall–Kier alpha value is -0.800. The van der Waals surface area contributed by atoms with Gasteiger partial charge < -0.3 is 4.74 Å². The SMILES string of the molecule is [N-]=[N+]=NCCOc1c(Cl)cc(Cl)cc1Cl. The van der Waals surface area contributed by atoms with E-state index in [1.165, 1.54) is 12.1 Å². The first-order valence-electron chi connectivity index (χ1n) is 3.93. The van der Waals surface area contributed by atoms with Crippen molar-refractivity contribution in [1.82, 2.24) is 0 Å². The Labute approximate surface area is 101 Å². The van der Waals surface area contributed by atoms with Crippen LogP contribution in [0.3, 0.4) is 0 Å². The number of rotatable bonds is 4. The summed E-state index contributed by atoms with van der Waals surface area (Å²) in [4.78, 5) is 2.58. The van der Waals surface area contributed by atoms with Gasteiger partial charge in [0.1, 0.15) is 0 Å². The molecule has 7 heteroatoms. The molecule has 0 aliphatic heterocycles. The summed E-state index contributed by atoms with van der Waals surface area (Å²) in [6.07, 6.45) is 0. The monoisotopic (exact) mass is 265 g/mol. The smallest absolute Gasteiger partial charge is 0.156 e. The molecule has 0 bridgehead atoms. The molecule has 0 spiro atoms. The number of nitrogens with zero attached hydrogens (tertiary/aromatic N) is 3. The van der Waals surface area contributed by atoms with Crippen LogP contribution < -0.4 is 4.74 Å². The summed E-state index contributed by atoms with van der Waals surface area (Å²) in [5.41, 5.74) is 8.04. The second-order valence-electron chi connectivity index (χ2n) is 2.50. The van der Waals surface area contributed by atoms with Gasteiger partial charge in [-0.05, 0) is 17.7 Å². The Balaban J connectivity index is 2.72. The van der Waals surface area contributed by atoms with Gasteiger partial charge in [0.2, 0.25) is 0 Å². The molecular formula is C8H6Cl3N3O. The maximum absolute atomic E-state index is 8.04. The Bertz CT molecular complexity index is 381. The zero-order valence-electron chi connectivity index (χ0n) is 7.45. The summed E-state index contributed by atoms with van der Waals surface area (Å²) in [5.74, 6) is 0.343. The molecule has 15 heavy (non-hydrogen) atoms. The highest BCUT2D eigenvalue weighted by molar-refractivity contribution is 6.40. The Kier molecular flexibility index (Phi) is 4.85. The van der Waals surface area contributed by atoms with Gasteiger partial charge in [0, 0.05) is 9.93 Å². The van der Waals surface area contributed by atoms with Gasteiger partial charge in [-0.2, -0.15) is 0 Å². The first-order valence-corrected chi connectivity index (χ1v) is 5.06. The minimum atomic E-state index is 0.213. The summed E-state index contributed by atoms with van der Waals surface area (Å²) in [6, 6.07) is 3.05. The first-order chi connectivity index (χ1) is 7.15. The van der Waals surface area contributed by atoms with E-state index in [9.17, 15) is 0 Å². The van der Waals surface area contributed by atoms with Crippen molar-refractivity contribution < 1.29 is 4.74 Å². The minimum absolute atomic E-state index is 0.213. The van der Waals surface area contributed by atoms with Crippen molar-refractivity contribution in [3.63, 3.8) is 0 Å². The lowest BCUT2D eigenvalue weighted by atomic mass is 10.3. The molecular weight excluding hydrogens is 260 g/mol. The van der Waals surface area contributed by atoms with E-state index in [0.717, 1.165) is 0 Å². The van der Waals surface area contributed by atoms with E-state index < -0.39 is 0 Å². The number of hydrogen-bond acceptors (Lipinski definition) is 2. The molecule has 1 aromatic rings. The van der Waals surface area contributed by atoms with Crippen molar-refractivity contribution >= 4 is 34.8 Å². The van der Waals surface area contributed by atoms with Crippen molar-refractivity contribution in [3.8, 4) is 5.75 Å². The number of halogens is 3. The Morgan fingerprint density at radius 3 is 2.40 bits per heavy atom. The lowest BCUT2D eigenvalue weighted by molar-refractivity contribution is 0.328. The summed E-state index contributed by atoms with van der Waals surface area (Å²) < 4.78 is 5.24. The molecule has 0 saturated heterocycles. The molecule has 0 aliphatic rings. The molecule has 0 amide bonds. The van der Waals surface area contributed by atoms with E-state index in [0.29, 0.717) is 20.8 Å². The van der Waals surface area contributed by atoms with E-state index in [-0.39, 0.29) is 13.2 Å². The van der Waals surface area contributed by atoms with Gasteiger partial charge in [0.25, 0.3) is 0 Å². The number of ether oxygens (including phenoxy) is 1. The second kappa shape index (κ2) is 5.93. The number of azide groups is 1. The van der Waals surface area contributed by atoms with Crippen LogP contribution in [-0.2, 0) is 0 Å². The lowest BCUT2D eigenvalue weighted by Gasteiger charge is -2.08. The van der Waals surface area contributed by atoms with Crippen LogP contribution >= 0.6 is 34.8 Å². The zero-order valence-corrected chi connectivity index (χ0v) is 9.72. The Morgan fingerprint density at radius 2 is 1.87 bits per heavy atom. The van der Waals surface area contributed by atoms with Crippen molar-refractivity contribution in [2.45, 2.75) is 0 Å². The maximum Gasteiger partial charge on any atom is 0.156 e. The quantitative estimate of drug-likeness (QED) is 0.346. The average molecular weight is 267 g/mol. The van der Waals surface area contributed by atoms with Crippen LogP contribution in [0.1, 0.15) is 0 Å². The fraction of sp³-hybridized carbons (Fsp3) is 0.250. The summed E-state index contributed by atoms with van der Waals surface area (Å²) in [5, 5.41) is 4.40. The average Bonchev–Trinajstić information content (AvgIpc) is 2.15. The van der Waals surface area contributed by atoms with Crippen molar-refractivity contribution in [1.29, 1.82) is 0 Å². The summed E-state index contributed by atoms with van der Waals surface area (Å²) in [7, 11) is 0. The first kappa shape index (κ1) is 12.3. The highest BCUT2D eigenvalue weighted by Gasteiger charge is 2.08. The van der Waals surface area contributed by atoms with E-state index in [2.05, 4.69) is 10.0 Å². The highest BCUT2D eigenvalue weighted by atomic mass is 35.5. The molecule has 0 aromatic heterocycles.